The molecule has 8 nitrogen and oxygen atoms in total. The van der Waals surface area contributed by atoms with E-state index in [2.05, 4.69) is 4.74 Å². The molecule has 0 aromatic rings. The van der Waals surface area contributed by atoms with E-state index in [0.29, 0.717) is 0 Å². The summed E-state index contributed by atoms with van der Waals surface area (Å²) < 4.78 is 34.0. The lowest BCUT2D eigenvalue weighted by molar-refractivity contribution is -0.243. The van der Waals surface area contributed by atoms with Crippen molar-refractivity contribution in [2.45, 2.75) is 24.1 Å². The van der Waals surface area contributed by atoms with Gasteiger partial charge < -0.3 is 25.2 Å². The van der Waals surface area contributed by atoms with Crippen LogP contribution in [0.25, 0.3) is 0 Å². The van der Waals surface area contributed by atoms with Gasteiger partial charge in [0, 0.05) is 0 Å². The van der Waals surface area contributed by atoms with Crippen molar-refractivity contribution < 1.29 is 38.1 Å². The summed E-state index contributed by atoms with van der Waals surface area (Å²) in [6.45, 7) is -1.01. The standard InChI is InChI=1S/C6H12O8S/c7-2-6(10)5(9)4(8)3(14-6)1-15(11,12)13/h3-5,7-10H,1-2H2,(H,11,12,13)/t3-,4-,5+,6?/m1/s1. The Kier molecular flexibility index (Phi) is 3.36. The number of aliphatic hydroxyl groups excluding tert-OH is 3. The average Bonchev–Trinajstić information content (AvgIpc) is 2.29. The molecule has 0 aliphatic carbocycles. The van der Waals surface area contributed by atoms with E-state index in [4.69, 9.17) is 9.66 Å². The molecule has 0 spiro atoms. The van der Waals surface area contributed by atoms with E-state index < -0.39 is 46.6 Å². The predicted octanol–water partition coefficient (Wildman–Crippen LogP) is -3.32. The van der Waals surface area contributed by atoms with Gasteiger partial charge >= 0.3 is 0 Å². The van der Waals surface area contributed by atoms with E-state index in [1.807, 2.05) is 0 Å². The quantitative estimate of drug-likeness (QED) is 0.324. The smallest absolute Gasteiger partial charge is 0.267 e. The lowest BCUT2D eigenvalue weighted by Gasteiger charge is -2.22. The molecular formula is C6H12O8S. The second-order valence-electron chi connectivity index (χ2n) is 3.34. The van der Waals surface area contributed by atoms with Crippen molar-refractivity contribution in [1.29, 1.82) is 0 Å². The first kappa shape index (κ1) is 12.8. The van der Waals surface area contributed by atoms with Gasteiger partial charge in [0.2, 0.25) is 5.79 Å². The summed E-state index contributed by atoms with van der Waals surface area (Å²) in [6.07, 6.45) is -5.04. The zero-order chi connectivity index (χ0) is 11.9. The van der Waals surface area contributed by atoms with Gasteiger partial charge in [-0.2, -0.15) is 8.42 Å². The fourth-order valence-corrected chi connectivity index (χ4v) is 2.02. The first-order chi connectivity index (χ1) is 6.69. The van der Waals surface area contributed by atoms with Crippen molar-refractivity contribution in [3.8, 4) is 0 Å². The molecule has 1 aliphatic rings. The van der Waals surface area contributed by atoms with Gasteiger partial charge in [0.25, 0.3) is 10.1 Å². The number of ether oxygens (including phenoxy) is 1. The zero-order valence-electron chi connectivity index (χ0n) is 7.52. The van der Waals surface area contributed by atoms with Crippen LogP contribution in [0.2, 0.25) is 0 Å². The number of hydrogen-bond donors (Lipinski definition) is 5. The normalized spacial score (nSPS) is 42.1. The minimum atomic E-state index is -4.41. The molecule has 0 aromatic carbocycles. The van der Waals surface area contributed by atoms with Gasteiger partial charge in [0.05, 0.1) is 6.61 Å². The second kappa shape index (κ2) is 3.94. The summed E-state index contributed by atoms with van der Waals surface area (Å²) in [5.41, 5.74) is 0. The van der Waals surface area contributed by atoms with Crippen molar-refractivity contribution in [3.63, 3.8) is 0 Å². The summed E-state index contributed by atoms with van der Waals surface area (Å²) in [7, 11) is -4.41. The van der Waals surface area contributed by atoms with Gasteiger partial charge in [0.1, 0.15) is 24.1 Å². The molecule has 1 fully saturated rings. The van der Waals surface area contributed by atoms with Crippen molar-refractivity contribution >= 4 is 10.1 Å². The lowest BCUT2D eigenvalue weighted by Crippen LogP contribution is -2.46. The molecule has 1 aliphatic heterocycles. The lowest BCUT2D eigenvalue weighted by atomic mass is 10.1. The van der Waals surface area contributed by atoms with Crippen LogP contribution in [0.1, 0.15) is 0 Å². The summed E-state index contributed by atoms with van der Waals surface area (Å²) in [5.74, 6) is -3.39. The van der Waals surface area contributed by atoms with Gasteiger partial charge in [0.15, 0.2) is 0 Å². The van der Waals surface area contributed by atoms with Crippen LogP contribution in [-0.2, 0) is 14.9 Å². The fourth-order valence-electron chi connectivity index (χ4n) is 1.34. The maximum atomic E-state index is 10.5. The van der Waals surface area contributed by atoms with Gasteiger partial charge in [-0.3, -0.25) is 4.55 Å². The van der Waals surface area contributed by atoms with Crippen LogP contribution >= 0.6 is 0 Å². The van der Waals surface area contributed by atoms with Gasteiger partial charge in [-0.1, -0.05) is 0 Å². The van der Waals surface area contributed by atoms with Crippen LogP contribution in [-0.4, -0.2) is 69.9 Å². The third-order valence-electron chi connectivity index (χ3n) is 2.12. The van der Waals surface area contributed by atoms with Gasteiger partial charge in [-0.25, -0.2) is 0 Å². The van der Waals surface area contributed by atoms with E-state index in [9.17, 15) is 23.7 Å². The first-order valence-electron chi connectivity index (χ1n) is 4.02. The third-order valence-corrected chi connectivity index (χ3v) is 2.87. The fraction of sp³-hybridized carbons (Fsp3) is 1.00. The Morgan fingerprint density at radius 1 is 1.33 bits per heavy atom. The second-order valence-corrected chi connectivity index (χ2v) is 4.84. The molecular weight excluding hydrogens is 232 g/mol. The zero-order valence-corrected chi connectivity index (χ0v) is 8.33. The molecule has 0 bridgehead atoms. The highest BCUT2D eigenvalue weighted by Gasteiger charge is 2.53. The van der Waals surface area contributed by atoms with E-state index in [-0.39, 0.29) is 0 Å². The molecule has 5 N–H and O–H groups in total. The summed E-state index contributed by atoms with van der Waals surface area (Å²) >= 11 is 0. The molecule has 9 heteroatoms. The molecule has 1 heterocycles. The van der Waals surface area contributed by atoms with E-state index in [1.165, 1.54) is 0 Å². The topological polar surface area (TPSA) is 145 Å². The van der Waals surface area contributed by atoms with Crippen molar-refractivity contribution in [2.75, 3.05) is 12.4 Å². The Morgan fingerprint density at radius 2 is 1.87 bits per heavy atom. The van der Waals surface area contributed by atoms with Crippen LogP contribution in [0.5, 0.6) is 0 Å². The van der Waals surface area contributed by atoms with Crippen molar-refractivity contribution in [3.05, 3.63) is 0 Å². The summed E-state index contributed by atoms with van der Waals surface area (Å²) in [5, 5.41) is 36.5. The molecule has 15 heavy (non-hydrogen) atoms. The molecule has 0 radical (unpaired) electrons. The SMILES string of the molecule is O=S(=O)(O)C[C@H]1OC(O)(CO)[C@@H](O)[C@@H]1O. The van der Waals surface area contributed by atoms with Gasteiger partial charge in [-0.05, 0) is 0 Å². The number of hydrogen-bond acceptors (Lipinski definition) is 7. The molecule has 0 aromatic heterocycles. The van der Waals surface area contributed by atoms with Crippen LogP contribution in [0, 0.1) is 0 Å². The molecule has 1 unspecified atom stereocenters. The van der Waals surface area contributed by atoms with Crippen LogP contribution < -0.4 is 0 Å². The molecule has 0 amide bonds. The average molecular weight is 244 g/mol. The Labute approximate surface area is 85.5 Å². The monoisotopic (exact) mass is 244 g/mol. The Hall–Kier alpha value is -0.290. The highest BCUT2D eigenvalue weighted by atomic mass is 32.2. The van der Waals surface area contributed by atoms with Crippen molar-refractivity contribution in [2.24, 2.45) is 0 Å². The molecule has 0 saturated carbocycles. The van der Waals surface area contributed by atoms with Crippen molar-refractivity contribution in [1.82, 2.24) is 0 Å². The minimum absolute atomic E-state index is 0.979. The predicted molar refractivity (Wildman–Crippen MR) is 45.3 cm³/mol. The maximum Gasteiger partial charge on any atom is 0.267 e. The Balaban J connectivity index is 2.80. The molecule has 90 valence electrons. The number of rotatable bonds is 3. The van der Waals surface area contributed by atoms with E-state index >= 15 is 0 Å². The minimum Gasteiger partial charge on any atom is -0.391 e. The van der Waals surface area contributed by atoms with Gasteiger partial charge in [-0.15, -0.1) is 0 Å². The third kappa shape index (κ3) is 2.64. The molecule has 1 saturated heterocycles. The van der Waals surface area contributed by atoms with Crippen LogP contribution in [0.15, 0.2) is 0 Å². The largest absolute Gasteiger partial charge is 0.391 e. The Morgan fingerprint density at radius 3 is 2.20 bits per heavy atom. The Bertz CT molecular complexity index is 326. The number of aliphatic hydroxyl groups is 4. The first-order valence-corrected chi connectivity index (χ1v) is 5.63. The van der Waals surface area contributed by atoms with Crippen LogP contribution in [0.3, 0.4) is 0 Å². The highest BCUT2D eigenvalue weighted by molar-refractivity contribution is 7.85. The summed E-state index contributed by atoms with van der Waals surface area (Å²) in [6, 6.07) is 0. The molecule has 1 rings (SSSR count). The van der Waals surface area contributed by atoms with Crippen LogP contribution in [0.4, 0.5) is 0 Å². The maximum absolute atomic E-state index is 10.5. The highest BCUT2D eigenvalue weighted by Crippen LogP contribution is 2.29. The summed E-state index contributed by atoms with van der Waals surface area (Å²) in [4.78, 5) is 0. The van der Waals surface area contributed by atoms with E-state index in [0.717, 1.165) is 0 Å². The molecule has 4 atom stereocenters. The van der Waals surface area contributed by atoms with E-state index in [1.54, 1.807) is 0 Å².